The summed E-state index contributed by atoms with van der Waals surface area (Å²) in [5, 5.41) is 4.19. The molecule has 1 aromatic rings. The first kappa shape index (κ1) is 13.9. The average Bonchev–Trinajstić information content (AvgIpc) is 2.59. The van der Waals surface area contributed by atoms with Crippen LogP contribution in [0.5, 0.6) is 0 Å². The second kappa shape index (κ2) is 5.61. The molecule has 1 atom stereocenters. The summed E-state index contributed by atoms with van der Waals surface area (Å²) in [6, 6.07) is 0.237. The third kappa shape index (κ3) is 2.89. The Kier molecular flexibility index (Phi) is 4.09. The molecule has 1 fully saturated rings. The van der Waals surface area contributed by atoms with Crippen LogP contribution in [-0.2, 0) is 7.05 Å². The molecule has 1 amide bonds. The molecule has 1 unspecified atom stereocenters. The van der Waals surface area contributed by atoms with Crippen LogP contribution >= 0.6 is 0 Å². The zero-order chi connectivity index (χ0) is 14.0. The highest BCUT2D eigenvalue weighted by Gasteiger charge is 2.29. The van der Waals surface area contributed by atoms with E-state index in [2.05, 4.69) is 24.0 Å². The number of nitrogens with zero attached hydrogens (tertiary/aromatic N) is 4. The van der Waals surface area contributed by atoms with Crippen LogP contribution < -0.4 is 5.73 Å². The van der Waals surface area contributed by atoms with E-state index in [1.165, 1.54) is 0 Å². The van der Waals surface area contributed by atoms with Gasteiger partial charge in [-0.2, -0.15) is 5.10 Å². The molecule has 0 bridgehead atoms. The predicted octanol–water partition coefficient (Wildman–Crippen LogP) is 0.559. The number of anilines is 1. The summed E-state index contributed by atoms with van der Waals surface area (Å²) in [6.45, 7) is 4.83. The van der Waals surface area contributed by atoms with Crippen molar-refractivity contribution in [2.24, 2.45) is 7.05 Å². The maximum absolute atomic E-state index is 12.6. The Morgan fingerprint density at radius 2 is 2.21 bits per heavy atom. The Morgan fingerprint density at radius 1 is 1.47 bits per heavy atom. The monoisotopic (exact) mass is 265 g/mol. The van der Waals surface area contributed by atoms with Gasteiger partial charge in [0.05, 0.1) is 5.69 Å². The van der Waals surface area contributed by atoms with Gasteiger partial charge in [0.25, 0.3) is 5.91 Å². The molecule has 19 heavy (non-hydrogen) atoms. The summed E-state index contributed by atoms with van der Waals surface area (Å²) in [4.78, 5) is 16.8. The molecule has 6 heteroatoms. The standard InChI is InChI=1S/C13H23N5O/c1-4-10-8-16(2)6-5-7-18(10)13(19)12-11(14)9-17(3)15-12/h9-10H,4-8,14H2,1-3H3. The summed E-state index contributed by atoms with van der Waals surface area (Å²) in [6.07, 6.45) is 3.62. The van der Waals surface area contributed by atoms with E-state index in [1.807, 2.05) is 4.90 Å². The van der Waals surface area contributed by atoms with Crippen LogP contribution in [0.15, 0.2) is 6.20 Å². The smallest absolute Gasteiger partial charge is 0.276 e. The van der Waals surface area contributed by atoms with Gasteiger partial charge in [-0.25, -0.2) is 0 Å². The van der Waals surface area contributed by atoms with Gasteiger partial charge in [-0.15, -0.1) is 0 Å². The van der Waals surface area contributed by atoms with Gasteiger partial charge in [-0.3, -0.25) is 9.48 Å². The topological polar surface area (TPSA) is 67.4 Å². The van der Waals surface area contributed by atoms with E-state index in [-0.39, 0.29) is 11.9 Å². The lowest BCUT2D eigenvalue weighted by Gasteiger charge is -2.29. The predicted molar refractivity (Wildman–Crippen MR) is 74.8 cm³/mol. The molecule has 0 spiro atoms. The van der Waals surface area contributed by atoms with Gasteiger partial charge in [-0.1, -0.05) is 6.92 Å². The average molecular weight is 265 g/mol. The number of likely N-dealkylation sites (N-methyl/N-ethyl adjacent to an activating group) is 1. The van der Waals surface area contributed by atoms with Crippen molar-refractivity contribution in [2.75, 3.05) is 32.4 Å². The normalized spacial score (nSPS) is 21.4. The molecule has 0 aliphatic carbocycles. The molecule has 2 N–H and O–H groups in total. The number of amides is 1. The summed E-state index contributed by atoms with van der Waals surface area (Å²) in [5.41, 5.74) is 6.70. The van der Waals surface area contributed by atoms with E-state index in [0.29, 0.717) is 11.4 Å². The van der Waals surface area contributed by atoms with Crippen molar-refractivity contribution in [1.29, 1.82) is 0 Å². The van der Waals surface area contributed by atoms with Crippen molar-refractivity contribution in [3.8, 4) is 0 Å². The van der Waals surface area contributed by atoms with Crippen molar-refractivity contribution >= 4 is 11.6 Å². The first-order valence-corrected chi connectivity index (χ1v) is 6.81. The van der Waals surface area contributed by atoms with Gasteiger partial charge in [0.15, 0.2) is 5.69 Å². The molecule has 1 saturated heterocycles. The van der Waals surface area contributed by atoms with E-state index >= 15 is 0 Å². The molecular weight excluding hydrogens is 242 g/mol. The molecule has 1 aliphatic heterocycles. The minimum absolute atomic E-state index is 0.0414. The lowest BCUT2D eigenvalue weighted by Crippen LogP contribution is -2.43. The highest BCUT2D eigenvalue weighted by Crippen LogP contribution is 2.18. The summed E-state index contributed by atoms with van der Waals surface area (Å²) >= 11 is 0. The number of aryl methyl sites for hydroxylation is 1. The number of carbonyl (C=O) groups excluding carboxylic acids is 1. The Bertz CT molecular complexity index is 456. The highest BCUT2D eigenvalue weighted by molar-refractivity contribution is 5.97. The van der Waals surface area contributed by atoms with Gasteiger partial charge < -0.3 is 15.5 Å². The Balaban J connectivity index is 2.23. The lowest BCUT2D eigenvalue weighted by molar-refractivity contribution is 0.0670. The molecule has 0 radical (unpaired) electrons. The van der Waals surface area contributed by atoms with Gasteiger partial charge in [0, 0.05) is 32.4 Å². The van der Waals surface area contributed by atoms with Gasteiger partial charge in [0.1, 0.15) is 0 Å². The number of rotatable bonds is 2. The van der Waals surface area contributed by atoms with Crippen molar-refractivity contribution in [3.05, 3.63) is 11.9 Å². The SMILES string of the molecule is CCC1CN(C)CCCN1C(=O)c1nn(C)cc1N. The Labute approximate surface area is 114 Å². The fraction of sp³-hybridized carbons (Fsp3) is 0.692. The quantitative estimate of drug-likeness (QED) is 0.848. The molecule has 6 nitrogen and oxygen atoms in total. The van der Waals surface area contributed by atoms with Crippen molar-refractivity contribution in [2.45, 2.75) is 25.8 Å². The minimum atomic E-state index is -0.0414. The summed E-state index contributed by atoms with van der Waals surface area (Å²) < 4.78 is 1.59. The molecule has 1 aliphatic rings. The van der Waals surface area contributed by atoms with Crippen molar-refractivity contribution in [1.82, 2.24) is 19.6 Å². The molecule has 2 rings (SSSR count). The van der Waals surface area contributed by atoms with Gasteiger partial charge >= 0.3 is 0 Å². The van der Waals surface area contributed by atoms with Crippen molar-refractivity contribution in [3.63, 3.8) is 0 Å². The fourth-order valence-electron chi connectivity index (χ4n) is 2.67. The first-order chi connectivity index (χ1) is 9.02. The van der Waals surface area contributed by atoms with Crippen molar-refractivity contribution < 1.29 is 4.79 Å². The van der Waals surface area contributed by atoms with Crippen LogP contribution in [0.2, 0.25) is 0 Å². The maximum atomic E-state index is 12.6. The summed E-state index contributed by atoms with van der Waals surface area (Å²) in [7, 11) is 3.88. The van der Waals surface area contributed by atoms with Crippen LogP contribution in [0, 0.1) is 0 Å². The van der Waals surface area contributed by atoms with Gasteiger partial charge in [0.2, 0.25) is 0 Å². The largest absolute Gasteiger partial charge is 0.396 e. The summed E-state index contributed by atoms with van der Waals surface area (Å²) in [5.74, 6) is -0.0414. The maximum Gasteiger partial charge on any atom is 0.276 e. The van der Waals surface area contributed by atoms with E-state index < -0.39 is 0 Å². The lowest BCUT2D eigenvalue weighted by atomic mass is 10.1. The molecule has 2 heterocycles. The number of aromatic nitrogens is 2. The molecule has 1 aromatic heterocycles. The zero-order valence-electron chi connectivity index (χ0n) is 12.0. The second-order valence-electron chi connectivity index (χ2n) is 5.28. The molecule has 0 saturated carbocycles. The number of nitrogen functional groups attached to an aromatic ring is 1. The van der Waals surface area contributed by atoms with E-state index in [9.17, 15) is 4.79 Å². The Hall–Kier alpha value is -1.56. The number of nitrogens with two attached hydrogens (primary N) is 1. The van der Waals surface area contributed by atoms with Crippen LogP contribution in [0.1, 0.15) is 30.3 Å². The molecule has 0 aromatic carbocycles. The number of hydrogen-bond donors (Lipinski definition) is 1. The fourth-order valence-corrected chi connectivity index (χ4v) is 2.67. The third-order valence-electron chi connectivity index (χ3n) is 3.69. The second-order valence-corrected chi connectivity index (χ2v) is 5.28. The zero-order valence-corrected chi connectivity index (χ0v) is 12.0. The highest BCUT2D eigenvalue weighted by atomic mass is 16.2. The van der Waals surface area contributed by atoms with E-state index in [0.717, 1.165) is 32.5 Å². The van der Waals surface area contributed by atoms with E-state index in [4.69, 9.17) is 5.73 Å². The van der Waals surface area contributed by atoms with Crippen LogP contribution in [0.3, 0.4) is 0 Å². The Morgan fingerprint density at radius 3 is 2.79 bits per heavy atom. The molecular formula is C13H23N5O. The third-order valence-corrected chi connectivity index (χ3v) is 3.69. The molecule has 106 valence electrons. The van der Waals surface area contributed by atoms with Gasteiger partial charge in [-0.05, 0) is 26.4 Å². The van der Waals surface area contributed by atoms with E-state index in [1.54, 1.807) is 17.9 Å². The number of hydrogen-bond acceptors (Lipinski definition) is 4. The first-order valence-electron chi connectivity index (χ1n) is 6.81. The van der Waals surface area contributed by atoms with Crippen LogP contribution in [0.4, 0.5) is 5.69 Å². The number of carbonyl (C=O) groups is 1. The van der Waals surface area contributed by atoms with Crippen LogP contribution in [-0.4, -0.2) is 58.2 Å². The minimum Gasteiger partial charge on any atom is -0.396 e. The van der Waals surface area contributed by atoms with Crippen LogP contribution in [0.25, 0.3) is 0 Å².